The van der Waals surface area contributed by atoms with E-state index in [4.69, 9.17) is 11.6 Å². The van der Waals surface area contributed by atoms with Gasteiger partial charge in [-0.1, -0.05) is 18.2 Å². The average molecular weight is 281 g/mol. The second-order valence-electron chi connectivity index (χ2n) is 4.81. The molecule has 102 valence electrons. The van der Waals surface area contributed by atoms with E-state index in [-0.39, 0.29) is 17.9 Å². The van der Waals surface area contributed by atoms with Crippen LogP contribution in [-0.2, 0) is 9.59 Å². The van der Waals surface area contributed by atoms with Crippen molar-refractivity contribution < 1.29 is 9.59 Å². The van der Waals surface area contributed by atoms with E-state index < -0.39 is 11.4 Å². The van der Waals surface area contributed by atoms with E-state index in [1.807, 2.05) is 37.3 Å². The van der Waals surface area contributed by atoms with Crippen molar-refractivity contribution >= 4 is 29.1 Å². The molecule has 4 nitrogen and oxygen atoms in total. The molecule has 1 fully saturated rings. The number of benzene rings is 1. The van der Waals surface area contributed by atoms with Gasteiger partial charge in [0.15, 0.2) is 0 Å². The van der Waals surface area contributed by atoms with Gasteiger partial charge in [-0.3, -0.25) is 9.59 Å². The molecule has 1 aromatic carbocycles. The van der Waals surface area contributed by atoms with Crippen LogP contribution in [0.5, 0.6) is 0 Å². The monoisotopic (exact) mass is 280 g/mol. The number of hydrogen-bond acceptors (Lipinski definition) is 2. The molecule has 1 heterocycles. The van der Waals surface area contributed by atoms with Crippen molar-refractivity contribution in [1.82, 2.24) is 5.32 Å². The highest BCUT2D eigenvalue weighted by molar-refractivity contribution is 6.30. The van der Waals surface area contributed by atoms with Crippen LogP contribution >= 0.6 is 11.6 Å². The van der Waals surface area contributed by atoms with Crippen molar-refractivity contribution in [2.45, 2.75) is 37.7 Å². The Hall–Kier alpha value is -1.55. The minimum atomic E-state index is -0.631. The average Bonchev–Trinajstić information content (AvgIpc) is 2.65. The maximum absolute atomic E-state index is 12.3. The summed E-state index contributed by atoms with van der Waals surface area (Å²) < 4.78 is 0. The van der Waals surface area contributed by atoms with Crippen molar-refractivity contribution in [2.24, 2.45) is 0 Å². The zero-order chi connectivity index (χ0) is 14.0. The van der Waals surface area contributed by atoms with E-state index in [1.54, 1.807) is 11.8 Å². The highest BCUT2D eigenvalue weighted by atomic mass is 35.5. The normalized spacial score (nSPS) is 24.4. The number of carbonyl (C=O) groups is 2. The zero-order valence-corrected chi connectivity index (χ0v) is 11.7. The molecule has 0 spiro atoms. The van der Waals surface area contributed by atoms with E-state index in [0.717, 1.165) is 5.69 Å². The molecule has 3 unspecified atom stereocenters. The first kappa shape index (κ1) is 13.9. The Balaban J connectivity index is 2.13. The van der Waals surface area contributed by atoms with E-state index in [0.29, 0.717) is 6.42 Å². The molecule has 0 bridgehead atoms. The number of nitrogens with zero attached hydrogens (tertiary/aromatic N) is 1. The Morgan fingerprint density at radius 1 is 1.42 bits per heavy atom. The fraction of sp³-hybridized carbons (Fsp3) is 0.429. The number of hydrogen-bond donors (Lipinski definition) is 1. The molecule has 19 heavy (non-hydrogen) atoms. The maximum Gasteiger partial charge on any atom is 0.249 e. The van der Waals surface area contributed by atoms with Crippen LogP contribution in [0, 0.1) is 0 Å². The Kier molecular flexibility index (Phi) is 4.10. The number of amides is 2. The van der Waals surface area contributed by atoms with Crippen LogP contribution < -0.4 is 10.2 Å². The van der Waals surface area contributed by atoms with E-state index in [1.165, 1.54) is 0 Å². The van der Waals surface area contributed by atoms with E-state index in [9.17, 15) is 9.59 Å². The predicted octanol–water partition coefficient (Wildman–Crippen LogP) is 1.92. The summed E-state index contributed by atoms with van der Waals surface area (Å²) >= 11 is 5.71. The quantitative estimate of drug-likeness (QED) is 0.860. The molecular weight excluding hydrogens is 264 g/mol. The summed E-state index contributed by atoms with van der Waals surface area (Å²) in [5, 5.41) is 2.07. The number of nitrogens with one attached hydrogen (secondary N) is 1. The van der Waals surface area contributed by atoms with Gasteiger partial charge in [0.2, 0.25) is 11.8 Å². The number of anilines is 1. The van der Waals surface area contributed by atoms with Crippen molar-refractivity contribution in [2.75, 3.05) is 4.90 Å². The van der Waals surface area contributed by atoms with Gasteiger partial charge in [-0.05, 0) is 32.4 Å². The van der Waals surface area contributed by atoms with Crippen molar-refractivity contribution in [3.63, 3.8) is 0 Å². The third kappa shape index (κ3) is 2.89. The van der Waals surface area contributed by atoms with Gasteiger partial charge in [0.05, 0.1) is 0 Å². The van der Waals surface area contributed by atoms with Crippen LogP contribution in [0.1, 0.15) is 20.3 Å². The Morgan fingerprint density at radius 2 is 2.05 bits per heavy atom. The van der Waals surface area contributed by atoms with Gasteiger partial charge in [0, 0.05) is 11.7 Å². The lowest BCUT2D eigenvalue weighted by Gasteiger charge is -2.21. The molecule has 0 aliphatic carbocycles. The minimum Gasteiger partial charge on any atom is -0.343 e. The summed E-state index contributed by atoms with van der Waals surface area (Å²) in [5.41, 5.74) is 0.857. The van der Waals surface area contributed by atoms with Gasteiger partial charge in [-0.25, -0.2) is 0 Å². The number of alkyl halides is 1. The summed E-state index contributed by atoms with van der Waals surface area (Å²) in [5.74, 6) is -0.383. The van der Waals surface area contributed by atoms with E-state index >= 15 is 0 Å². The van der Waals surface area contributed by atoms with Crippen molar-refractivity contribution in [3.05, 3.63) is 30.3 Å². The first-order chi connectivity index (χ1) is 9.00. The molecule has 1 aliphatic heterocycles. The molecule has 3 atom stereocenters. The molecule has 1 saturated heterocycles. The van der Waals surface area contributed by atoms with Gasteiger partial charge in [0.25, 0.3) is 0 Å². The Labute approximate surface area is 117 Å². The lowest BCUT2D eigenvalue weighted by Crippen LogP contribution is -2.44. The van der Waals surface area contributed by atoms with Crippen LogP contribution in [0.4, 0.5) is 5.69 Å². The molecule has 5 heteroatoms. The standard InChI is InChI=1S/C14H17ClN2O2/c1-9-8-12(16-13(18)10(2)15)14(19)17(9)11-6-4-3-5-7-11/h3-7,9-10,12H,8H2,1-2H3,(H,16,18). The molecule has 2 amide bonds. The van der Waals surface area contributed by atoms with E-state index in [2.05, 4.69) is 5.32 Å². The number of para-hydroxylation sites is 1. The molecule has 0 saturated carbocycles. The molecule has 1 aromatic rings. The SMILES string of the molecule is CC(Cl)C(=O)NC1CC(C)N(c2ccccc2)C1=O. The van der Waals surface area contributed by atoms with Crippen LogP contribution in [0.3, 0.4) is 0 Å². The first-order valence-electron chi connectivity index (χ1n) is 6.33. The summed E-state index contributed by atoms with van der Waals surface area (Å²) in [4.78, 5) is 25.6. The summed E-state index contributed by atoms with van der Waals surface area (Å²) in [6.45, 7) is 3.57. The molecule has 0 aromatic heterocycles. The van der Waals surface area contributed by atoms with Crippen molar-refractivity contribution in [1.29, 1.82) is 0 Å². The Bertz CT molecular complexity index is 476. The Morgan fingerprint density at radius 3 is 2.63 bits per heavy atom. The molecular formula is C14H17ClN2O2. The second kappa shape index (κ2) is 5.61. The van der Waals surface area contributed by atoms with Gasteiger partial charge >= 0.3 is 0 Å². The summed E-state index contributed by atoms with van der Waals surface area (Å²) in [6.07, 6.45) is 0.600. The molecule has 1 N–H and O–H groups in total. The zero-order valence-electron chi connectivity index (χ0n) is 11.0. The van der Waals surface area contributed by atoms with Gasteiger partial charge < -0.3 is 10.2 Å². The number of rotatable bonds is 3. The van der Waals surface area contributed by atoms with Gasteiger partial charge in [0.1, 0.15) is 11.4 Å². The first-order valence-corrected chi connectivity index (χ1v) is 6.77. The smallest absolute Gasteiger partial charge is 0.249 e. The van der Waals surface area contributed by atoms with Crippen LogP contribution in [-0.4, -0.2) is 29.3 Å². The molecule has 0 radical (unpaired) electrons. The summed E-state index contributed by atoms with van der Waals surface area (Å²) in [6, 6.07) is 9.05. The number of halogens is 1. The topological polar surface area (TPSA) is 49.4 Å². The van der Waals surface area contributed by atoms with Crippen LogP contribution in [0.25, 0.3) is 0 Å². The van der Waals surface area contributed by atoms with Crippen molar-refractivity contribution in [3.8, 4) is 0 Å². The fourth-order valence-corrected chi connectivity index (χ4v) is 2.37. The predicted molar refractivity (Wildman–Crippen MR) is 75.3 cm³/mol. The summed E-state index contributed by atoms with van der Waals surface area (Å²) in [7, 11) is 0. The number of carbonyl (C=O) groups excluding carboxylic acids is 2. The fourth-order valence-electron chi connectivity index (χ4n) is 2.31. The largest absolute Gasteiger partial charge is 0.343 e. The molecule has 2 rings (SSSR count). The highest BCUT2D eigenvalue weighted by Crippen LogP contribution is 2.26. The minimum absolute atomic E-state index is 0.0610. The third-order valence-electron chi connectivity index (χ3n) is 3.27. The molecule has 1 aliphatic rings. The highest BCUT2D eigenvalue weighted by Gasteiger charge is 2.38. The van der Waals surface area contributed by atoms with Gasteiger partial charge in [-0.15, -0.1) is 11.6 Å². The lowest BCUT2D eigenvalue weighted by atomic mass is 10.2. The maximum atomic E-state index is 12.3. The van der Waals surface area contributed by atoms with Crippen LogP contribution in [0.15, 0.2) is 30.3 Å². The van der Waals surface area contributed by atoms with Gasteiger partial charge in [-0.2, -0.15) is 0 Å². The lowest BCUT2D eigenvalue weighted by molar-refractivity contribution is -0.126. The van der Waals surface area contributed by atoms with Crippen LogP contribution in [0.2, 0.25) is 0 Å². The second-order valence-corrected chi connectivity index (χ2v) is 5.46. The third-order valence-corrected chi connectivity index (χ3v) is 3.46.